The van der Waals surface area contributed by atoms with Gasteiger partial charge in [-0.25, -0.2) is 4.98 Å². The monoisotopic (exact) mass is 421 g/mol. The summed E-state index contributed by atoms with van der Waals surface area (Å²) in [4.78, 5) is 11.2. The van der Waals surface area contributed by atoms with E-state index in [0.717, 1.165) is 28.1 Å². The number of likely N-dealkylation sites (tertiary alicyclic amines) is 1. The Kier molecular flexibility index (Phi) is 5.20. The predicted molar refractivity (Wildman–Crippen MR) is 120 cm³/mol. The lowest BCUT2D eigenvalue weighted by Crippen LogP contribution is -2.25. The van der Waals surface area contributed by atoms with Crippen LogP contribution in [0.1, 0.15) is 12.8 Å². The molecule has 4 aromatic rings. The van der Waals surface area contributed by atoms with Crippen molar-refractivity contribution in [2.24, 2.45) is 0 Å². The van der Waals surface area contributed by atoms with E-state index in [-0.39, 0.29) is 5.95 Å². The summed E-state index contributed by atoms with van der Waals surface area (Å²) in [7, 11) is 0. The molecule has 0 spiro atoms. The van der Waals surface area contributed by atoms with Crippen molar-refractivity contribution in [3.8, 4) is 11.6 Å². The average Bonchev–Trinajstić information content (AvgIpc) is 3.50. The highest BCUT2D eigenvalue weighted by molar-refractivity contribution is 7.17. The lowest BCUT2D eigenvalue weighted by molar-refractivity contribution is 0.238. The van der Waals surface area contributed by atoms with E-state index in [1.54, 1.807) is 22.2 Å². The topological polar surface area (TPSA) is 94.1 Å². The van der Waals surface area contributed by atoms with Gasteiger partial charge in [0.2, 0.25) is 11.9 Å². The molecule has 1 aliphatic rings. The molecule has 1 aromatic carbocycles. The molecule has 0 amide bonds. The number of anilines is 3. The molecular weight excluding hydrogens is 398 g/mol. The van der Waals surface area contributed by atoms with Crippen molar-refractivity contribution in [3.05, 3.63) is 48.0 Å². The minimum absolute atomic E-state index is 0.285. The smallest absolute Gasteiger partial charge is 0.248 e. The zero-order valence-electron chi connectivity index (χ0n) is 16.5. The summed E-state index contributed by atoms with van der Waals surface area (Å²) in [5, 5.41) is 10.8. The maximum atomic E-state index is 6.11. The largest absolute Gasteiger partial charge is 0.492 e. The first-order valence-corrected chi connectivity index (χ1v) is 10.9. The maximum absolute atomic E-state index is 6.11. The Bertz CT molecular complexity index is 1130. The molecule has 1 saturated heterocycles. The molecule has 3 aromatic heterocycles. The van der Waals surface area contributed by atoms with Crippen LogP contribution in [0.3, 0.4) is 0 Å². The molecule has 154 valence electrons. The lowest BCUT2D eigenvalue weighted by Gasteiger charge is -2.15. The van der Waals surface area contributed by atoms with Crippen molar-refractivity contribution < 1.29 is 4.74 Å². The van der Waals surface area contributed by atoms with E-state index in [1.807, 2.05) is 41.8 Å². The van der Waals surface area contributed by atoms with Gasteiger partial charge in [-0.05, 0) is 73.1 Å². The maximum Gasteiger partial charge on any atom is 0.248 e. The first kappa shape index (κ1) is 18.8. The third-order valence-corrected chi connectivity index (χ3v) is 6.09. The summed E-state index contributed by atoms with van der Waals surface area (Å²) in [6, 6.07) is 11.8. The number of nitrogens with one attached hydrogen (secondary N) is 1. The van der Waals surface area contributed by atoms with E-state index >= 15 is 0 Å². The molecule has 0 radical (unpaired) electrons. The number of hydrogen-bond acceptors (Lipinski definition) is 8. The number of ether oxygens (including phenoxy) is 1. The molecule has 4 heterocycles. The van der Waals surface area contributed by atoms with Gasteiger partial charge >= 0.3 is 0 Å². The quantitative estimate of drug-likeness (QED) is 0.470. The molecule has 0 aliphatic carbocycles. The fourth-order valence-corrected chi connectivity index (χ4v) is 4.49. The Hall–Kier alpha value is -3.17. The minimum atomic E-state index is 0.285. The van der Waals surface area contributed by atoms with Crippen LogP contribution in [0.5, 0.6) is 5.75 Å². The number of fused-ring (bicyclic) bond motifs is 1. The van der Waals surface area contributed by atoms with Crippen molar-refractivity contribution >= 4 is 39.0 Å². The minimum Gasteiger partial charge on any atom is -0.492 e. The SMILES string of the molecule is Nc1nc(Nc2ccc(OCCN3CCCC3)cc2)nn1-c1nccc2ccsc12. The second-order valence-corrected chi connectivity index (χ2v) is 8.14. The van der Waals surface area contributed by atoms with E-state index in [9.17, 15) is 0 Å². The van der Waals surface area contributed by atoms with Crippen molar-refractivity contribution in [2.45, 2.75) is 12.8 Å². The Balaban J connectivity index is 1.25. The van der Waals surface area contributed by atoms with Crippen LogP contribution in [0.2, 0.25) is 0 Å². The van der Waals surface area contributed by atoms with Crippen molar-refractivity contribution in [3.63, 3.8) is 0 Å². The molecule has 8 nitrogen and oxygen atoms in total. The Morgan fingerprint density at radius 1 is 1.10 bits per heavy atom. The fraction of sp³-hybridized carbons (Fsp3) is 0.286. The summed E-state index contributed by atoms with van der Waals surface area (Å²) < 4.78 is 8.45. The third-order valence-electron chi connectivity index (χ3n) is 5.17. The molecule has 0 saturated carbocycles. The number of rotatable bonds is 7. The highest BCUT2D eigenvalue weighted by Gasteiger charge is 2.14. The van der Waals surface area contributed by atoms with E-state index < -0.39 is 0 Å². The summed E-state index contributed by atoms with van der Waals surface area (Å²) in [5.41, 5.74) is 6.97. The van der Waals surface area contributed by atoms with Gasteiger partial charge in [-0.3, -0.25) is 4.90 Å². The Morgan fingerprint density at radius 2 is 1.93 bits per heavy atom. The van der Waals surface area contributed by atoms with Crippen LogP contribution in [0, 0.1) is 0 Å². The van der Waals surface area contributed by atoms with Crippen molar-refractivity contribution in [1.29, 1.82) is 0 Å². The summed E-state index contributed by atoms with van der Waals surface area (Å²) in [6.07, 6.45) is 4.35. The second kappa shape index (κ2) is 8.29. The van der Waals surface area contributed by atoms with Gasteiger partial charge in [0.15, 0.2) is 5.82 Å². The normalized spacial score (nSPS) is 14.4. The van der Waals surface area contributed by atoms with Crippen LogP contribution in [-0.2, 0) is 0 Å². The number of benzene rings is 1. The molecule has 0 unspecified atom stereocenters. The molecular formula is C21H23N7OS. The van der Waals surface area contributed by atoms with Gasteiger partial charge in [-0.2, -0.15) is 9.67 Å². The van der Waals surface area contributed by atoms with Gasteiger partial charge in [-0.15, -0.1) is 16.4 Å². The molecule has 1 aliphatic heterocycles. The molecule has 30 heavy (non-hydrogen) atoms. The number of nitrogen functional groups attached to an aromatic ring is 1. The van der Waals surface area contributed by atoms with E-state index in [2.05, 4.69) is 25.3 Å². The molecule has 0 bridgehead atoms. The standard InChI is InChI=1S/C21H23N7OS/c22-20-25-21(26-28(20)19-18-15(7-9-23-19)8-14-30-18)24-16-3-5-17(6-4-16)29-13-12-27-10-1-2-11-27/h3-9,14H,1-2,10-13H2,(H3,22,24,25,26). The summed E-state index contributed by atoms with van der Waals surface area (Å²) >= 11 is 1.60. The van der Waals surface area contributed by atoms with E-state index in [4.69, 9.17) is 10.5 Å². The highest BCUT2D eigenvalue weighted by atomic mass is 32.1. The third kappa shape index (κ3) is 3.94. The molecule has 9 heteroatoms. The number of thiophene rings is 1. The van der Waals surface area contributed by atoms with Gasteiger partial charge in [0.05, 0.1) is 4.70 Å². The Morgan fingerprint density at radius 3 is 2.77 bits per heavy atom. The number of hydrogen-bond donors (Lipinski definition) is 2. The van der Waals surface area contributed by atoms with Crippen LogP contribution in [-0.4, -0.2) is 50.9 Å². The number of pyridine rings is 1. The van der Waals surface area contributed by atoms with Crippen LogP contribution >= 0.6 is 11.3 Å². The highest BCUT2D eigenvalue weighted by Crippen LogP contribution is 2.27. The lowest BCUT2D eigenvalue weighted by atomic mass is 10.3. The van der Waals surface area contributed by atoms with Gasteiger partial charge in [-0.1, -0.05) is 0 Å². The van der Waals surface area contributed by atoms with Crippen molar-refractivity contribution in [2.75, 3.05) is 37.3 Å². The summed E-state index contributed by atoms with van der Waals surface area (Å²) in [6.45, 7) is 4.05. The van der Waals surface area contributed by atoms with E-state index in [1.165, 1.54) is 25.9 Å². The molecule has 0 atom stereocenters. The summed E-state index contributed by atoms with van der Waals surface area (Å²) in [5.74, 6) is 2.24. The Labute approximate surface area is 178 Å². The number of aromatic nitrogens is 4. The van der Waals surface area contributed by atoms with Crippen LogP contribution in [0.15, 0.2) is 48.0 Å². The number of nitrogens with two attached hydrogens (primary N) is 1. The van der Waals surface area contributed by atoms with Crippen molar-refractivity contribution in [1.82, 2.24) is 24.6 Å². The van der Waals surface area contributed by atoms with Gasteiger partial charge in [0.1, 0.15) is 12.4 Å². The average molecular weight is 422 g/mol. The predicted octanol–water partition coefficient (Wildman–Crippen LogP) is 3.68. The van der Waals surface area contributed by atoms with Gasteiger partial charge in [0, 0.05) is 18.4 Å². The first-order valence-electron chi connectivity index (χ1n) is 10.0. The van der Waals surface area contributed by atoms with Crippen LogP contribution in [0.4, 0.5) is 17.6 Å². The zero-order chi connectivity index (χ0) is 20.3. The fourth-order valence-electron chi connectivity index (χ4n) is 3.63. The van der Waals surface area contributed by atoms with Gasteiger partial charge in [0.25, 0.3) is 0 Å². The first-order chi connectivity index (χ1) is 14.8. The zero-order valence-corrected chi connectivity index (χ0v) is 17.3. The number of nitrogens with zero attached hydrogens (tertiary/aromatic N) is 5. The van der Waals surface area contributed by atoms with E-state index in [0.29, 0.717) is 18.4 Å². The molecule has 5 rings (SSSR count). The second-order valence-electron chi connectivity index (χ2n) is 7.23. The van der Waals surface area contributed by atoms with Gasteiger partial charge < -0.3 is 15.8 Å². The molecule has 3 N–H and O–H groups in total. The molecule has 1 fully saturated rings. The van der Waals surface area contributed by atoms with Crippen LogP contribution in [0.25, 0.3) is 15.9 Å². The van der Waals surface area contributed by atoms with Crippen LogP contribution < -0.4 is 15.8 Å².